The molecule has 0 saturated carbocycles. The van der Waals surface area contributed by atoms with E-state index in [0.717, 1.165) is 19.4 Å². The molecule has 2 N–H and O–H groups in total. The summed E-state index contributed by atoms with van der Waals surface area (Å²) in [5.41, 5.74) is 0.711. The Morgan fingerprint density at radius 3 is 2.74 bits per heavy atom. The number of hydrogen-bond acceptors (Lipinski definition) is 2. The van der Waals surface area contributed by atoms with Crippen LogP contribution in [0.15, 0.2) is 24.3 Å². The lowest BCUT2D eigenvalue weighted by Crippen LogP contribution is -2.29. The minimum atomic E-state index is -0.165. The highest BCUT2D eigenvalue weighted by atomic mass is 19.1. The Morgan fingerprint density at radius 2 is 2.00 bits per heavy atom. The monoisotopic (exact) mass is 266 g/mol. The number of rotatable bonds is 9. The Kier molecular flexibility index (Phi) is 7.82. The van der Waals surface area contributed by atoms with Crippen LogP contribution in [-0.4, -0.2) is 25.5 Å². The average Bonchev–Trinajstić information content (AvgIpc) is 2.41. The lowest BCUT2D eigenvalue weighted by atomic mass is 10.1. The van der Waals surface area contributed by atoms with Gasteiger partial charge < -0.3 is 10.6 Å². The summed E-state index contributed by atoms with van der Waals surface area (Å²) in [5, 5.41) is 6.02. The van der Waals surface area contributed by atoms with Crippen molar-refractivity contribution in [3.05, 3.63) is 35.6 Å². The van der Waals surface area contributed by atoms with E-state index >= 15 is 0 Å². The fraction of sp³-hybridized carbons (Fsp3) is 0.533. The molecule has 0 aliphatic heterocycles. The molecule has 3 nitrogen and oxygen atoms in total. The van der Waals surface area contributed by atoms with Gasteiger partial charge in [-0.1, -0.05) is 31.5 Å². The van der Waals surface area contributed by atoms with Crippen LogP contribution >= 0.6 is 0 Å². The van der Waals surface area contributed by atoms with Crippen LogP contribution in [0.4, 0.5) is 4.39 Å². The molecule has 0 radical (unpaired) electrons. The average molecular weight is 266 g/mol. The maximum absolute atomic E-state index is 13.3. The zero-order chi connectivity index (χ0) is 13.9. The third kappa shape index (κ3) is 6.91. The molecule has 0 atom stereocenters. The maximum atomic E-state index is 13.3. The van der Waals surface area contributed by atoms with Crippen LogP contribution in [0.25, 0.3) is 0 Å². The summed E-state index contributed by atoms with van der Waals surface area (Å²) in [7, 11) is 0. The third-order valence-electron chi connectivity index (χ3n) is 2.91. The molecule has 1 aromatic rings. The molecule has 0 spiro atoms. The number of hydrogen-bond donors (Lipinski definition) is 2. The molecule has 1 amide bonds. The quantitative estimate of drug-likeness (QED) is 0.673. The first-order valence-electron chi connectivity index (χ1n) is 6.95. The van der Waals surface area contributed by atoms with Crippen molar-refractivity contribution in [3.8, 4) is 0 Å². The van der Waals surface area contributed by atoms with Crippen LogP contribution < -0.4 is 10.6 Å². The van der Waals surface area contributed by atoms with Crippen LogP contribution in [0.1, 0.15) is 31.7 Å². The van der Waals surface area contributed by atoms with E-state index in [1.165, 1.54) is 6.07 Å². The molecule has 1 aromatic carbocycles. The molecular formula is C15H23FN2O. The lowest BCUT2D eigenvalue weighted by molar-refractivity contribution is -0.120. The Morgan fingerprint density at radius 1 is 1.21 bits per heavy atom. The second-order valence-corrected chi connectivity index (χ2v) is 4.54. The molecular weight excluding hydrogens is 243 g/mol. The van der Waals surface area contributed by atoms with Gasteiger partial charge in [-0.25, -0.2) is 4.39 Å². The topological polar surface area (TPSA) is 41.1 Å². The first kappa shape index (κ1) is 15.6. The summed E-state index contributed by atoms with van der Waals surface area (Å²) in [4.78, 5) is 11.4. The Hall–Kier alpha value is -1.42. The number of amides is 1. The van der Waals surface area contributed by atoms with Crippen LogP contribution in [0.3, 0.4) is 0 Å². The predicted octanol–water partition coefficient (Wildman–Crippen LogP) is 2.26. The highest BCUT2D eigenvalue weighted by Gasteiger charge is 2.01. The SMILES string of the molecule is CCCCNC(=O)CCNCCc1ccccc1F. The van der Waals surface area contributed by atoms with E-state index in [0.29, 0.717) is 31.5 Å². The van der Waals surface area contributed by atoms with Crippen LogP contribution in [0.2, 0.25) is 0 Å². The van der Waals surface area contributed by atoms with Crippen molar-refractivity contribution in [2.45, 2.75) is 32.6 Å². The molecule has 0 bridgehead atoms. The highest BCUT2D eigenvalue weighted by Crippen LogP contribution is 2.05. The van der Waals surface area contributed by atoms with E-state index in [-0.39, 0.29) is 11.7 Å². The first-order valence-corrected chi connectivity index (χ1v) is 6.95. The van der Waals surface area contributed by atoms with Crippen LogP contribution in [0, 0.1) is 5.82 Å². The molecule has 1 rings (SSSR count). The van der Waals surface area contributed by atoms with Crippen LogP contribution in [-0.2, 0) is 11.2 Å². The van der Waals surface area contributed by atoms with Gasteiger partial charge in [-0.2, -0.15) is 0 Å². The van der Waals surface area contributed by atoms with Gasteiger partial charge in [-0.3, -0.25) is 4.79 Å². The number of benzene rings is 1. The second-order valence-electron chi connectivity index (χ2n) is 4.54. The Balaban J connectivity index is 2.05. The fourth-order valence-electron chi connectivity index (χ4n) is 1.74. The van der Waals surface area contributed by atoms with Crippen molar-refractivity contribution in [2.75, 3.05) is 19.6 Å². The predicted molar refractivity (Wildman–Crippen MR) is 75.5 cm³/mol. The van der Waals surface area contributed by atoms with Gasteiger partial charge in [0.05, 0.1) is 0 Å². The number of carbonyl (C=O) groups excluding carboxylic acids is 1. The largest absolute Gasteiger partial charge is 0.356 e. The van der Waals surface area contributed by atoms with Gasteiger partial charge in [0.2, 0.25) is 5.91 Å². The van der Waals surface area contributed by atoms with Gasteiger partial charge in [-0.05, 0) is 31.0 Å². The van der Waals surface area contributed by atoms with E-state index in [2.05, 4.69) is 17.6 Å². The molecule has 0 aliphatic rings. The molecule has 4 heteroatoms. The maximum Gasteiger partial charge on any atom is 0.221 e. The van der Waals surface area contributed by atoms with Crippen molar-refractivity contribution in [2.24, 2.45) is 0 Å². The summed E-state index contributed by atoms with van der Waals surface area (Å²) >= 11 is 0. The van der Waals surface area contributed by atoms with Crippen molar-refractivity contribution in [1.82, 2.24) is 10.6 Å². The Bertz CT molecular complexity index is 382. The van der Waals surface area contributed by atoms with Crippen molar-refractivity contribution >= 4 is 5.91 Å². The van der Waals surface area contributed by atoms with Gasteiger partial charge in [0.25, 0.3) is 0 Å². The molecule has 106 valence electrons. The summed E-state index contributed by atoms with van der Waals surface area (Å²) in [6.45, 7) is 4.16. The summed E-state index contributed by atoms with van der Waals surface area (Å²) in [5.74, 6) is -0.0894. The summed E-state index contributed by atoms with van der Waals surface area (Å²) in [6.07, 6.45) is 3.22. The van der Waals surface area contributed by atoms with E-state index in [1.807, 2.05) is 6.07 Å². The molecule has 0 heterocycles. The lowest BCUT2D eigenvalue weighted by Gasteiger charge is -2.06. The minimum Gasteiger partial charge on any atom is -0.356 e. The molecule has 0 unspecified atom stereocenters. The van der Waals surface area contributed by atoms with Crippen molar-refractivity contribution in [1.29, 1.82) is 0 Å². The summed E-state index contributed by atoms with van der Waals surface area (Å²) in [6, 6.07) is 6.78. The minimum absolute atomic E-state index is 0.0758. The number of carbonyl (C=O) groups is 1. The van der Waals surface area contributed by atoms with Crippen molar-refractivity contribution < 1.29 is 9.18 Å². The van der Waals surface area contributed by atoms with E-state index in [4.69, 9.17) is 0 Å². The number of halogens is 1. The molecule has 19 heavy (non-hydrogen) atoms. The first-order chi connectivity index (χ1) is 9.24. The van der Waals surface area contributed by atoms with Gasteiger partial charge in [-0.15, -0.1) is 0 Å². The van der Waals surface area contributed by atoms with Gasteiger partial charge >= 0.3 is 0 Å². The molecule has 0 aromatic heterocycles. The smallest absolute Gasteiger partial charge is 0.221 e. The zero-order valence-electron chi connectivity index (χ0n) is 11.5. The summed E-state index contributed by atoms with van der Waals surface area (Å²) < 4.78 is 13.3. The van der Waals surface area contributed by atoms with Gasteiger partial charge in [0.1, 0.15) is 5.82 Å². The second kappa shape index (κ2) is 9.50. The molecule has 0 fully saturated rings. The standard InChI is InChI=1S/C15H23FN2O/c1-2-3-10-18-15(19)9-12-17-11-8-13-6-4-5-7-14(13)16/h4-7,17H,2-3,8-12H2,1H3,(H,18,19). The van der Waals surface area contributed by atoms with E-state index in [1.54, 1.807) is 12.1 Å². The number of unbranched alkanes of at least 4 members (excludes halogenated alkanes) is 1. The van der Waals surface area contributed by atoms with E-state index < -0.39 is 0 Å². The van der Waals surface area contributed by atoms with Gasteiger partial charge in [0.15, 0.2) is 0 Å². The third-order valence-corrected chi connectivity index (χ3v) is 2.91. The van der Waals surface area contributed by atoms with E-state index in [9.17, 15) is 9.18 Å². The number of nitrogens with one attached hydrogen (secondary N) is 2. The molecule has 0 saturated heterocycles. The van der Waals surface area contributed by atoms with Crippen LogP contribution in [0.5, 0.6) is 0 Å². The normalized spacial score (nSPS) is 10.4. The van der Waals surface area contributed by atoms with Gasteiger partial charge in [0, 0.05) is 19.5 Å². The highest BCUT2D eigenvalue weighted by molar-refractivity contribution is 5.75. The molecule has 0 aliphatic carbocycles. The Labute approximate surface area is 114 Å². The zero-order valence-corrected chi connectivity index (χ0v) is 11.5. The fourth-order valence-corrected chi connectivity index (χ4v) is 1.74. The van der Waals surface area contributed by atoms with Crippen molar-refractivity contribution in [3.63, 3.8) is 0 Å².